The van der Waals surface area contributed by atoms with Crippen molar-refractivity contribution in [3.63, 3.8) is 0 Å². The van der Waals surface area contributed by atoms with Crippen LogP contribution in [0.3, 0.4) is 0 Å². The van der Waals surface area contributed by atoms with Crippen molar-refractivity contribution in [1.82, 2.24) is 20.2 Å². The van der Waals surface area contributed by atoms with Gasteiger partial charge < -0.3 is 0 Å². The molecule has 2 heterocycles. The van der Waals surface area contributed by atoms with Crippen LogP contribution in [0.4, 0.5) is 0 Å². The van der Waals surface area contributed by atoms with E-state index >= 15 is 0 Å². The second-order valence-corrected chi connectivity index (χ2v) is 2.27. The molecule has 0 spiro atoms. The first-order valence-corrected chi connectivity index (χ1v) is 3.26. The average Bonchev–Trinajstić information content (AvgIpc) is 2.04. The second-order valence-electron chi connectivity index (χ2n) is 2.27. The van der Waals surface area contributed by atoms with Gasteiger partial charge in [0.1, 0.15) is 11.0 Å². The number of aryl methyl sites for hydroxylation is 1. The molecule has 11 heavy (non-hydrogen) atoms. The van der Waals surface area contributed by atoms with Gasteiger partial charge in [0.25, 0.3) is 0 Å². The summed E-state index contributed by atoms with van der Waals surface area (Å²) in [6, 6.07) is 0. The highest BCUT2D eigenvalue weighted by Crippen LogP contribution is 2.03. The van der Waals surface area contributed by atoms with E-state index in [0.29, 0.717) is 0 Å². The molecule has 0 fully saturated rings. The number of aromatic nitrogens is 4. The van der Waals surface area contributed by atoms with Gasteiger partial charge in [-0.25, -0.2) is 4.98 Å². The third-order valence-corrected chi connectivity index (χ3v) is 1.38. The lowest BCUT2D eigenvalue weighted by Crippen LogP contribution is -1.89. The molecule has 2 aromatic rings. The van der Waals surface area contributed by atoms with E-state index in [2.05, 4.69) is 20.2 Å². The van der Waals surface area contributed by atoms with Crippen molar-refractivity contribution in [2.24, 2.45) is 0 Å². The molecule has 0 atom stereocenters. The molecule has 4 heteroatoms. The van der Waals surface area contributed by atoms with Crippen molar-refractivity contribution in [3.8, 4) is 0 Å². The summed E-state index contributed by atoms with van der Waals surface area (Å²) >= 11 is 0. The van der Waals surface area contributed by atoms with Crippen LogP contribution < -0.4 is 0 Å². The maximum absolute atomic E-state index is 4.21. The van der Waals surface area contributed by atoms with Crippen molar-refractivity contribution >= 4 is 11.0 Å². The molecule has 0 radical (unpaired) electrons. The zero-order valence-corrected chi connectivity index (χ0v) is 6.02. The Balaban J connectivity index is 2.83. The van der Waals surface area contributed by atoms with Crippen molar-refractivity contribution in [2.75, 3.05) is 0 Å². The summed E-state index contributed by atoms with van der Waals surface area (Å²) in [5.74, 6) is 0. The number of hydrogen-bond donors (Lipinski definition) is 0. The van der Waals surface area contributed by atoms with Crippen molar-refractivity contribution in [3.05, 3.63) is 24.3 Å². The molecule has 2 rings (SSSR count). The highest BCUT2D eigenvalue weighted by Gasteiger charge is 1.94. The Bertz CT molecular complexity index is 385. The lowest BCUT2D eigenvalue weighted by molar-refractivity contribution is 1.03. The molecule has 2 aromatic heterocycles. The summed E-state index contributed by atoms with van der Waals surface area (Å²) in [5.41, 5.74) is 2.47. The van der Waals surface area contributed by atoms with Gasteiger partial charge in [-0.15, -0.1) is 0 Å². The van der Waals surface area contributed by atoms with E-state index in [9.17, 15) is 0 Å². The van der Waals surface area contributed by atoms with Crippen molar-refractivity contribution in [1.29, 1.82) is 0 Å². The van der Waals surface area contributed by atoms with Gasteiger partial charge in [-0.05, 0) is 6.92 Å². The number of fused-ring (bicyclic) bond motifs is 1. The zero-order valence-electron chi connectivity index (χ0n) is 6.02. The third-order valence-electron chi connectivity index (χ3n) is 1.38. The Morgan fingerprint density at radius 2 is 1.73 bits per heavy atom. The van der Waals surface area contributed by atoms with Crippen molar-refractivity contribution < 1.29 is 0 Å². The Hall–Kier alpha value is -1.58. The fourth-order valence-corrected chi connectivity index (χ4v) is 0.876. The van der Waals surface area contributed by atoms with Gasteiger partial charge in [0.15, 0.2) is 0 Å². The summed E-state index contributed by atoms with van der Waals surface area (Å²) in [5, 5.41) is 7.39. The monoisotopic (exact) mass is 146 g/mol. The molecule has 0 bridgehead atoms. The first kappa shape index (κ1) is 6.15. The lowest BCUT2D eigenvalue weighted by Gasteiger charge is -1.93. The Morgan fingerprint density at radius 1 is 1.00 bits per heavy atom. The van der Waals surface area contributed by atoms with Crippen LogP contribution in [0.5, 0.6) is 0 Å². The van der Waals surface area contributed by atoms with Gasteiger partial charge in [-0.3, -0.25) is 4.98 Å². The fourth-order valence-electron chi connectivity index (χ4n) is 0.876. The Kier molecular flexibility index (Phi) is 1.25. The molecule has 0 saturated heterocycles. The number of nitrogens with zero attached hydrogens (tertiary/aromatic N) is 4. The maximum Gasteiger partial charge on any atom is 0.111 e. The van der Waals surface area contributed by atoms with Gasteiger partial charge in [-0.1, -0.05) is 0 Å². The molecule has 0 unspecified atom stereocenters. The topological polar surface area (TPSA) is 51.6 Å². The fraction of sp³-hybridized carbons (Fsp3) is 0.143. The Morgan fingerprint density at radius 3 is 2.55 bits per heavy atom. The molecule has 4 nitrogen and oxygen atoms in total. The standard InChI is InChI=1S/C7H6N4/c1-5-2-8-6-3-9-10-4-7(6)11-5/h2-4H,1H3. The van der Waals surface area contributed by atoms with E-state index in [4.69, 9.17) is 0 Å². The van der Waals surface area contributed by atoms with Crippen LogP contribution in [-0.4, -0.2) is 20.2 Å². The maximum atomic E-state index is 4.21. The Labute approximate surface area is 63.3 Å². The van der Waals surface area contributed by atoms with E-state index < -0.39 is 0 Å². The van der Waals surface area contributed by atoms with Gasteiger partial charge >= 0.3 is 0 Å². The molecule has 0 saturated carbocycles. The van der Waals surface area contributed by atoms with E-state index in [1.54, 1.807) is 18.6 Å². The summed E-state index contributed by atoms with van der Waals surface area (Å²) in [4.78, 5) is 8.33. The summed E-state index contributed by atoms with van der Waals surface area (Å²) in [7, 11) is 0. The minimum absolute atomic E-state index is 0.783. The van der Waals surface area contributed by atoms with Crippen LogP contribution in [-0.2, 0) is 0 Å². The van der Waals surface area contributed by atoms with Crippen LogP contribution in [0.25, 0.3) is 11.0 Å². The molecule has 0 aliphatic rings. The summed E-state index contributed by atoms with van der Waals surface area (Å²) in [6.45, 7) is 1.90. The van der Waals surface area contributed by atoms with E-state index in [1.807, 2.05) is 6.92 Å². The predicted octanol–water partition coefficient (Wildman–Crippen LogP) is 0.728. The highest BCUT2D eigenvalue weighted by atomic mass is 15.1. The molecular formula is C7H6N4. The summed E-state index contributed by atoms with van der Waals surface area (Å²) < 4.78 is 0. The first-order chi connectivity index (χ1) is 5.36. The average molecular weight is 146 g/mol. The van der Waals surface area contributed by atoms with E-state index in [1.165, 1.54) is 0 Å². The molecule has 0 amide bonds. The first-order valence-electron chi connectivity index (χ1n) is 3.26. The molecular weight excluding hydrogens is 140 g/mol. The van der Waals surface area contributed by atoms with Crippen molar-refractivity contribution in [2.45, 2.75) is 6.92 Å². The predicted molar refractivity (Wildman–Crippen MR) is 39.9 cm³/mol. The second kappa shape index (κ2) is 2.23. The molecule has 54 valence electrons. The molecule has 0 aliphatic heterocycles. The van der Waals surface area contributed by atoms with Crippen LogP contribution >= 0.6 is 0 Å². The van der Waals surface area contributed by atoms with Crippen LogP contribution in [0.2, 0.25) is 0 Å². The minimum Gasteiger partial charge on any atom is -0.251 e. The van der Waals surface area contributed by atoms with Gasteiger partial charge in [-0.2, -0.15) is 10.2 Å². The van der Waals surface area contributed by atoms with E-state index in [0.717, 1.165) is 16.7 Å². The quantitative estimate of drug-likeness (QED) is 0.549. The molecule has 0 aromatic carbocycles. The lowest BCUT2D eigenvalue weighted by atomic mass is 10.4. The van der Waals surface area contributed by atoms with Gasteiger partial charge in [0.05, 0.1) is 18.1 Å². The van der Waals surface area contributed by atoms with E-state index in [-0.39, 0.29) is 0 Å². The smallest absolute Gasteiger partial charge is 0.111 e. The van der Waals surface area contributed by atoms with Gasteiger partial charge in [0.2, 0.25) is 0 Å². The van der Waals surface area contributed by atoms with Crippen LogP contribution in [0, 0.1) is 6.92 Å². The largest absolute Gasteiger partial charge is 0.251 e. The zero-order chi connectivity index (χ0) is 7.68. The normalized spacial score (nSPS) is 10.3. The highest BCUT2D eigenvalue weighted by molar-refractivity contribution is 5.71. The summed E-state index contributed by atoms with van der Waals surface area (Å²) in [6.07, 6.45) is 4.92. The molecule has 0 aliphatic carbocycles. The number of hydrogen-bond acceptors (Lipinski definition) is 4. The SMILES string of the molecule is Cc1cnc2cnncc2n1. The number of rotatable bonds is 0. The van der Waals surface area contributed by atoms with Crippen LogP contribution in [0.1, 0.15) is 5.69 Å². The molecule has 0 N–H and O–H groups in total. The van der Waals surface area contributed by atoms with Gasteiger partial charge in [0, 0.05) is 6.20 Å². The minimum atomic E-state index is 0.783. The third kappa shape index (κ3) is 1.02. The van der Waals surface area contributed by atoms with Crippen LogP contribution in [0.15, 0.2) is 18.6 Å².